The summed E-state index contributed by atoms with van der Waals surface area (Å²) >= 11 is 5.71. The lowest BCUT2D eigenvalue weighted by molar-refractivity contribution is -0.385. The predicted molar refractivity (Wildman–Crippen MR) is 60.3 cm³/mol. The Bertz CT molecular complexity index is 547. The van der Waals surface area contributed by atoms with Gasteiger partial charge in [-0.1, -0.05) is 11.6 Å². The van der Waals surface area contributed by atoms with Crippen molar-refractivity contribution in [2.24, 2.45) is 0 Å². The number of carbonyl (C=O) groups excluding carboxylic acids is 2. The smallest absolute Gasteiger partial charge is 0.324 e. The van der Waals surface area contributed by atoms with Crippen molar-refractivity contribution in [3.05, 3.63) is 33.1 Å². The first-order valence-electron chi connectivity index (χ1n) is 4.90. The van der Waals surface area contributed by atoms with Crippen LogP contribution in [0.1, 0.15) is 10.4 Å². The van der Waals surface area contributed by atoms with Gasteiger partial charge >= 0.3 is 6.03 Å². The van der Waals surface area contributed by atoms with Gasteiger partial charge in [-0.25, -0.2) is 9.78 Å². The van der Waals surface area contributed by atoms with E-state index in [2.05, 4.69) is 10.3 Å². The minimum atomic E-state index is -0.703. The van der Waals surface area contributed by atoms with Crippen molar-refractivity contribution >= 4 is 29.2 Å². The van der Waals surface area contributed by atoms with Crippen molar-refractivity contribution in [3.8, 4) is 0 Å². The van der Waals surface area contributed by atoms with E-state index >= 15 is 0 Å². The minimum Gasteiger partial charge on any atom is -0.336 e. The fourth-order valence-electron chi connectivity index (χ4n) is 1.50. The first kappa shape index (κ1) is 12.2. The van der Waals surface area contributed by atoms with E-state index in [-0.39, 0.29) is 22.9 Å². The molecule has 0 spiro atoms. The van der Waals surface area contributed by atoms with Crippen LogP contribution >= 0.6 is 11.6 Å². The number of nitro groups is 1. The summed E-state index contributed by atoms with van der Waals surface area (Å²) in [6.07, 6.45) is 0.948. The molecule has 1 aliphatic rings. The van der Waals surface area contributed by atoms with Crippen LogP contribution in [0.5, 0.6) is 0 Å². The van der Waals surface area contributed by atoms with Crippen LogP contribution in [0.25, 0.3) is 0 Å². The highest BCUT2D eigenvalue weighted by Gasteiger charge is 2.29. The van der Waals surface area contributed by atoms with E-state index < -0.39 is 16.9 Å². The molecule has 0 atom stereocenters. The van der Waals surface area contributed by atoms with Crippen molar-refractivity contribution in [3.63, 3.8) is 0 Å². The minimum absolute atomic E-state index is 0.164. The van der Waals surface area contributed by atoms with E-state index in [1.54, 1.807) is 0 Å². The predicted octanol–water partition coefficient (Wildman–Crippen LogP) is 0.809. The maximum Gasteiger partial charge on any atom is 0.324 e. The molecule has 0 aromatic carbocycles. The average Bonchev–Trinajstić information content (AvgIpc) is 2.75. The quantitative estimate of drug-likeness (QED) is 0.486. The number of amides is 3. The zero-order chi connectivity index (χ0) is 13.3. The number of halogens is 1. The van der Waals surface area contributed by atoms with Crippen LogP contribution in [0.4, 0.5) is 10.5 Å². The van der Waals surface area contributed by atoms with Gasteiger partial charge in [-0.3, -0.25) is 19.8 Å². The van der Waals surface area contributed by atoms with Gasteiger partial charge in [-0.2, -0.15) is 0 Å². The molecule has 0 aliphatic carbocycles. The first-order chi connectivity index (χ1) is 8.50. The van der Waals surface area contributed by atoms with Gasteiger partial charge in [0.15, 0.2) is 0 Å². The highest BCUT2D eigenvalue weighted by Crippen LogP contribution is 2.21. The molecule has 1 aromatic heterocycles. The fourth-order valence-corrected chi connectivity index (χ4v) is 1.68. The number of hydrogen-bond acceptors (Lipinski definition) is 5. The number of carbonyl (C=O) groups is 2. The number of aromatic nitrogens is 1. The molecule has 9 heteroatoms. The molecule has 2 heterocycles. The lowest BCUT2D eigenvalue weighted by Gasteiger charge is -2.12. The molecule has 2 rings (SSSR count). The third kappa shape index (κ3) is 2.09. The Balaban J connectivity index is 2.37. The van der Waals surface area contributed by atoms with Gasteiger partial charge in [-0.15, -0.1) is 0 Å². The highest BCUT2D eigenvalue weighted by atomic mass is 35.5. The zero-order valence-corrected chi connectivity index (χ0v) is 9.68. The Kier molecular flexibility index (Phi) is 3.11. The van der Waals surface area contributed by atoms with Gasteiger partial charge in [0.05, 0.1) is 10.5 Å². The lowest BCUT2D eigenvalue weighted by atomic mass is 10.2. The number of urea groups is 1. The molecule has 0 unspecified atom stereocenters. The van der Waals surface area contributed by atoms with E-state index in [1.165, 1.54) is 0 Å². The number of nitrogens with zero attached hydrogens (tertiary/aromatic N) is 3. The third-order valence-corrected chi connectivity index (χ3v) is 2.67. The van der Waals surface area contributed by atoms with Gasteiger partial charge in [0.1, 0.15) is 11.3 Å². The van der Waals surface area contributed by atoms with Crippen molar-refractivity contribution in [1.82, 2.24) is 15.2 Å². The number of imide groups is 1. The molecule has 3 amide bonds. The second kappa shape index (κ2) is 4.57. The van der Waals surface area contributed by atoms with E-state index in [4.69, 9.17) is 11.6 Å². The number of pyridine rings is 1. The summed E-state index contributed by atoms with van der Waals surface area (Å²) in [5, 5.41) is 12.9. The average molecular weight is 271 g/mol. The van der Waals surface area contributed by atoms with Crippen LogP contribution in [-0.4, -0.2) is 39.8 Å². The topological polar surface area (TPSA) is 105 Å². The summed E-state index contributed by atoms with van der Waals surface area (Å²) in [6.45, 7) is 0.529. The van der Waals surface area contributed by atoms with Crippen LogP contribution in [-0.2, 0) is 0 Å². The lowest BCUT2D eigenvalue weighted by Crippen LogP contribution is -2.34. The summed E-state index contributed by atoms with van der Waals surface area (Å²) in [7, 11) is 0. The summed E-state index contributed by atoms with van der Waals surface area (Å²) in [6, 6.07) is 0.450. The second-order valence-corrected chi connectivity index (χ2v) is 3.84. The van der Waals surface area contributed by atoms with E-state index in [0.29, 0.717) is 6.54 Å². The maximum absolute atomic E-state index is 12.0. The Labute approximate surface area is 106 Å². The molecule has 0 bridgehead atoms. The fraction of sp³-hybridized carbons (Fsp3) is 0.222. The van der Waals surface area contributed by atoms with Crippen molar-refractivity contribution in [2.75, 3.05) is 13.1 Å². The van der Waals surface area contributed by atoms with E-state index in [9.17, 15) is 19.7 Å². The van der Waals surface area contributed by atoms with Crippen LogP contribution in [0.3, 0.4) is 0 Å². The van der Waals surface area contributed by atoms with Gasteiger partial charge in [0.25, 0.3) is 11.6 Å². The zero-order valence-electron chi connectivity index (χ0n) is 8.92. The Morgan fingerprint density at radius 3 is 2.89 bits per heavy atom. The SMILES string of the molecule is O=C1NCCN1C(=O)c1cc([N+](=O)[O-])cnc1Cl. The summed E-state index contributed by atoms with van der Waals surface area (Å²) < 4.78 is 0. The molecular weight excluding hydrogens is 264 g/mol. The number of nitrogens with one attached hydrogen (secondary N) is 1. The van der Waals surface area contributed by atoms with Crippen molar-refractivity contribution < 1.29 is 14.5 Å². The number of hydrogen-bond donors (Lipinski definition) is 1. The normalized spacial score (nSPS) is 14.5. The summed E-state index contributed by atoms with van der Waals surface area (Å²) in [5.41, 5.74) is -0.523. The Morgan fingerprint density at radius 2 is 2.33 bits per heavy atom. The number of rotatable bonds is 2. The molecule has 0 saturated carbocycles. The van der Waals surface area contributed by atoms with Crippen LogP contribution in [0.2, 0.25) is 5.15 Å². The molecular formula is C9H7ClN4O4. The van der Waals surface area contributed by atoms with Gasteiger partial charge in [0.2, 0.25) is 0 Å². The van der Waals surface area contributed by atoms with Gasteiger partial charge < -0.3 is 5.32 Å². The Morgan fingerprint density at radius 1 is 1.61 bits per heavy atom. The van der Waals surface area contributed by atoms with Crippen LogP contribution < -0.4 is 5.32 Å². The third-order valence-electron chi connectivity index (χ3n) is 2.37. The van der Waals surface area contributed by atoms with E-state index in [1.807, 2.05) is 0 Å². The largest absolute Gasteiger partial charge is 0.336 e. The molecule has 1 N–H and O–H groups in total. The molecule has 1 aliphatic heterocycles. The maximum atomic E-state index is 12.0. The van der Waals surface area contributed by atoms with Gasteiger partial charge in [-0.05, 0) is 0 Å². The Hall–Kier alpha value is -2.22. The standard InChI is InChI=1S/C9H7ClN4O4/c10-7-6(3-5(4-12-7)14(17)18)8(15)13-2-1-11-9(13)16/h3-4H,1-2H2,(H,11,16). The van der Waals surface area contributed by atoms with Gasteiger partial charge in [0, 0.05) is 19.2 Å². The van der Waals surface area contributed by atoms with E-state index in [0.717, 1.165) is 17.2 Å². The highest BCUT2D eigenvalue weighted by molar-refractivity contribution is 6.33. The molecule has 94 valence electrons. The monoisotopic (exact) mass is 270 g/mol. The van der Waals surface area contributed by atoms with Crippen LogP contribution in [0.15, 0.2) is 12.3 Å². The summed E-state index contributed by atoms with van der Waals surface area (Å²) in [5.74, 6) is -0.703. The molecule has 0 radical (unpaired) electrons. The van der Waals surface area contributed by atoms with Crippen LogP contribution in [0, 0.1) is 10.1 Å². The second-order valence-electron chi connectivity index (χ2n) is 3.48. The molecule has 1 saturated heterocycles. The van der Waals surface area contributed by atoms with Crippen molar-refractivity contribution in [1.29, 1.82) is 0 Å². The molecule has 1 fully saturated rings. The van der Waals surface area contributed by atoms with Crippen molar-refractivity contribution in [2.45, 2.75) is 0 Å². The molecule has 18 heavy (non-hydrogen) atoms. The summed E-state index contributed by atoms with van der Waals surface area (Å²) in [4.78, 5) is 37.7. The first-order valence-corrected chi connectivity index (χ1v) is 5.28. The molecule has 8 nitrogen and oxygen atoms in total. The molecule has 1 aromatic rings.